The fourth-order valence-corrected chi connectivity index (χ4v) is 4.00. The highest BCUT2D eigenvalue weighted by Crippen LogP contribution is 2.31. The molecule has 0 radical (unpaired) electrons. The molecule has 1 aliphatic rings. The van der Waals surface area contributed by atoms with Gasteiger partial charge in [0.25, 0.3) is 5.91 Å². The number of halogens is 2. The van der Waals surface area contributed by atoms with E-state index < -0.39 is 17.5 Å². The van der Waals surface area contributed by atoms with E-state index in [1.165, 1.54) is 22.3 Å². The molecule has 4 rings (SSSR count). The summed E-state index contributed by atoms with van der Waals surface area (Å²) in [7, 11) is 0. The number of rotatable bonds is 4. The van der Waals surface area contributed by atoms with Crippen LogP contribution >= 0.6 is 11.3 Å². The van der Waals surface area contributed by atoms with Gasteiger partial charge in [-0.05, 0) is 37.1 Å². The Morgan fingerprint density at radius 3 is 2.85 bits per heavy atom. The van der Waals surface area contributed by atoms with Crippen LogP contribution < -0.4 is 4.90 Å². The fourth-order valence-electron chi connectivity index (χ4n) is 3.02. The van der Waals surface area contributed by atoms with E-state index in [0.29, 0.717) is 11.7 Å². The van der Waals surface area contributed by atoms with Gasteiger partial charge in [-0.2, -0.15) is 0 Å². The van der Waals surface area contributed by atoms with Gasteiger partial charge in [0.1, 0.15) is 11.6 Å². The van der Waals surface area contributed by atoms with E-state index in [4.69, 9.17) is 4.74 Å². The minimum Gasteiger partial charge on any atom is -0.376 e. The predicted molar refractivity (Wildman–Crippen MR) is 96.6 cm³/mol. The summed E-state index contributed by atoms with van der Waals surface area (Å²) in [5.74, 6) is -2.14. The highest BCUT2D eigenvalue weighted by Gasteiger charge is 2.28. The molecule has 1 unspecified atom stereocenters. The Balaban J connectivity index is 1.72. The number of anilines is 1. The van der Waals surface area contributed by atoms with Crippen LogP contribution in [0.3, 0.4) is 0 Å². The second-order valence-electron chi connectivity index (χ2n) is 6.14. The lowest BCUT2D eigenvalue weighted by molar-refractivity contribution is 0.0914. The van der Waals surface area contributed by atoms with Gasteiger partial charge >= 0.3 is 0 Å². The van der Waals surface area contributed by atoms with Crippen molar-refractivity contribution in [3.05, 3.63) is 59.7 Å². The molecule has 0 aliphatic carbocycles. The van der Waals surface area contributed by atoms with Crippen LogP contribution in [-0.4, -0.2) is 30.1 Å². The zero-order valence-electron chi connectivity index (χ0n) is 13.8. The molecule has 0 N–H and O–H groups in total. The standard InChI is InChI=1S/C19H16F2N2O2S/c20-12-7-8-14(15(21)10-12)18(24)23(11-13-4-3-9-25-13)19-22-16-5-1-2-6-17(16)26-19/h1-2,5-8,10,13H,3-4,9,11H2. The summed E-state index contributed by atoms with van der Waals surface area (Å²) in [6, 6.07) is 10.5. The molecule has 2 aromatic carbocycles. The van der Waals surface area contributed by atoms with Gasteiger partial charge in [0.05, 0.1) is 28.4 Å². The number of carbonyl (C=O) groups is 1. The summed E-state index contributed by atoms with van der Waals surface area (Å²) in [6.07, 6.45) is 1.65. The average Bonchev–Trinajstić information content (AvgIpc) is 3.28. The monoisotopic (exact) mass is 374 g/mol. The van der Waals surface area contributed by atoms with E-state index in [1.54, 1.807) is 0 Å². The zero-order valence-corrected chi connectivity index (χ0v) is 14.6. The Hall–Kier alpha value is -2.38. The number of hydrogen-bond acceptors (Lipinski definition) is 4. The van der Waals surface area contributed by atoms with E-state index >= 15 is 0 Å². The molecule has 1 atom stereocenters. The molecule has 134 valence electrons. The number of carbonyl (C=O) groups excluding carboxylic acids is 1. The maximum atomic E-state index is 14.2. The van der Waals surface area contributed by atoms with Gasteiger partial charge in [-0.15, -0.1) is 0 Å². The Morgan fingerprint density at radius 2 is 2.12 bits per heavy atom. The molecule has 26 heavy (non-hydrogen) atoms. The Bertz CT molecular complexity index is 921. The average molecular weight is 374 g/mol. The van der Waals surface area contributed by atoms with E-state index in [9.17, 15) is 13.6 Å². The smallest absolute Gasteiger partial charge is 0.263 e. The molecule has 4 nitrogen and oxygen atoms in total. The molecule has 0 saturated carbocycles. The van der Waals surface area contributed by atoms with Crippen molar-refractivity contribution in [3.63, 3.8) is 0 Å². The SMILES string of the molecule is O=C(c1ccc(F)cc1F)N(CC1CCCO1)c1nc2ccccc2s1. The molecule has 1 fully saturated rings. The van der Waals surface area contributed by atoms with Crippen molar-refractivity contribution in [2.24, 2.45) is 0 Å². The zero-order chi connectivity index (χ0) is 18.1. The first-order valence-corrected chi connectivity index (χ1v) is 9.17. The van der Waals surface area contributed by atoms with Crippen molar-refractivity contribution >= 4 is 32.6 Å². The number of thiazole rings is 1. The molecule has 0 spiro atoms. The number of nitrogens with zero attached hydrogens (tertiary/aromatic N) is 2. The van der Waals surface area contributed by atoms with Gasteiger partial charge in [-0.1, -0.05) is 23.5 Å². The van der Waals surface area contributed by atoms with Crippen LogP contribution in [0.15, 0.2) is 42.5 Å². The number of aromatic nitrogens is 1. The minimum absolute atomic E-state index is 0.116. The van der Waals surface area contributed by atoms with Crippen LogP contribution in [0.5, 0.6) is 0 Å². The molecule has 2 heterocycles. The summed E-state index contributed by atoms with van der Waals surface area (Å²) in [5, 5.41) is 0.482. The van der Waals surface area contributed by atoms with Crippen molar-refractivity contribution in [1.29, 1.82) is 0 Å². The number of para-hydroxylation sites is 1. The first-order chi connectivity index (χ1) is 12.6. The third-order valence-corrected chi connectivity index (χ3v) is 5.39. The van der Waals surface area contributed by atoms with E-state index in [0.717, 1.165) is 35.2 Å². The number of hydrogen-bond donors (Lipinski definition) is 0. The Labute approximate surface area is 153 Å². The molecule has 1 aliphatic heterocycles. The second kappa shape index (κ2) is 7.09. The molecule has 1 amide bonds. The van der Waals surface area contributed by atoms with Crippen LogP contribution in [0.1, 0.15) is 23.2 Å². The van der Waals surface area contributed by atoms with Crippen LogP contribution in [0.2, 0.25) is 0 Å². The van der Waals surface area contributed by atoms with Crippen molar-refractivity contribution in [3.8, 4) is 0 Å². The largest absolute Gasteiger partial charge is 0.376 e. The van der Waals surface area contributed by atoms with E-state index in [2.05, 4.69) is 4.98 Å². The minimum atomic E-state index is -0.881. The second-order valence-corrected chi connectivity index (χ2v) is 7.15. The van der Waals surface area contributed by atoms with Crippen molar-refractivity contribution in [2.45, 2.75) is 18.9 Å². The topological polar surface area (TPSA) is 42.4 Å². The fraction of sp³-hybridized carbons (Fsp3) is 0.263. The maximum absolute atomic E-state index is 14.2. The molecule has 7 heteroatoms. The van der Waals surface area contributed by atoms with E-state index in [-0.39, 0.29) is 18.2 Å². The van der Waals surface area contributed by atoms with Crippen LogP contribution in [0, 0.1) is 11.6 Å². The Kier molecular flexibility index (Phi) is 4.65. The molecular weight excluding hydrogens is 358 g/mol. The summed E-state index contributed by atoms with van der Waals surface area (Å²) in [6.45, 7) is 0.937. The van der Waals surface area contributed by atoms with Crippen LogP contribution in [-0.2, 0) is 4.74 Å². The highest BCUT2D eigenvalue weighted by molar-refractivity contribution is 7.22. The quantitative estimate of drug-likeness (QED) is 0.680. The Morgan fingerprint density at radius 1 is 1.27 bits per heavy atom. The number of ether oxygens (including phenoxy) is 1. The first kappa shape index (κ1) is 17.1. The van der Waals surface area contributed by atoms with Gasteiger partial charge in [0.15, 0.2) is 5.13 Å². The third kappa shape index (κ3) is 3.32. The van der Waals surface area contributed by atoms with Gasteiger partial charge in [-0.3, -0.25) is 9.69 Å². The molecule has 0 bridgehead atoms. The molecule has 1 aromatic heterocycles. The first-order valence-electron chi connectivity index (χ1n) is 8.36. The molecule has 3 aromatic rings. The highest BCUT2D eigenvalue weighted by atomic mass is 32.1. The number of fused-ring (bicyclic) bond motifs is 1. The maximum Gasteiger partial charge on any atom is 0.263 e. The van der Waals surface area contributed by atoms with Crippen molar-refractivity contribution < 1.29 is 18.3 Å². The number of benzene rings is 2. The summed E-state index contributed by atoms with van der Waals surface area (Å²) in [5.41, 5.74) is 0.598. The van der Waals surface area contributed by atoms with Gasteiger partial charge in [-0.25, -0.2) is 13.8 Å². The normalized spacial score (nSPS) is 16.9. The van der Waals surface area contributed by atoms with Crippen LogP contribution in [0.25, 0.3) is 10.2 Å². The van der Waals surface area contributed by atoms with Gasteiger partial charge in [0.2, 0.25) is 0 Å². The van der Waals surface area contributed by atoms with E-state index in [1.807, 2.05) is 24.3 Å². The molecular formula is C19H16F2N2O2S. The van der Waals surface area contributed by atoms with Gasteiger partial charge < -0.3 is 4.74 Å². The summed E-state index contributed by atoms with van der Waals surface area (Å²) >= 11 is 1.36. The number of amides is 1. The summed E-state index contributed by atoms with van der Waals surface area (Å²) in [4.78, 5) is 19.0. The van der Waals surface area contributed by atoms with Gasteiger partial charge in [0, 0.05) is 12.7 Å². The van der Waals surface area contributed by atoms with Crippen LogP contribution in [0.4, 0.5) is 13.9 Å². The molecule has 1 saturated heterocycles. The summed E-state index contributed by atoms with van der Waals surface area (Å²) < 4.78 is 33.9. The predicted octanol–water partition coefficient (Wildman–Crippen LogP) is 4.40. The third-order valence-electron chi connectivity index (χ3n) is 4.33. The van der Waals surface area contributed by atoms with Crippen molar-refractivity contribution in [2.75, 3.05) is 18.1 Å². The lowest BCUT2D eigenvalue weighted by Crippen LogP contribution is -2.38. The lowest BCUT2D eigenvalue weighted by Gasteiger charge is -2.23. The lowest BCUT2D eigenvalue weighted by atomic mass is 10.1. The van der Waals surface area contributed by atoms with Crippen molar-refractivity contribution in [1.82, 2.24) is 4.98 Å².